The van der Waals surface area contributed by atoms with Crippen LogP contribution in [0.25, 0.3) is 0 Å². The van der Waals surface area contributed by atoms with E-state index in [4.69, 9.17) is 32.7 Å². The average molecular weight is 640 g/mol. The van der Waals surface area contributed by atoms with E-state index >= 15 is 0 Å². The Morgan fingerprint density at radius 2 is 1.03 bits per heavy atom. The van der Waals surface area contributed by atoms with Crippen LogP contribution in [0.5, 0.6) is 0 Å². The van der Waals surface area contributed by atoms with Crippen molar-refractivity contribution in [3.8, 4) is 0 Å². The number of amides is 2. The number of hydrogen-bond acceptors (Lipinski definition) is 6. The molecule has 0 heterocycles. The van der Waals surface area contributed by atoms with Crippen LogP contribution in [0.2, 0.25) is 0 Å². The quantitative estimate of drug-likeness (QED) is 0.157. The summed E-state index contributed by atoms with van der Waals surface area (Å²) in [6.45, 7) is 4.39. The number of ether oxygens (including phenoxy) is 2. The minimum atomic E-state index is -3.31. The van der Waals surface area contributed by atoms with Crippen molar-refractivity contribution in [3.63, 3.8) is 0 Å². The van der Waals surface area contributed by atoms with E-state index in [9.17, 15) is 26.4 Å². The van der Waals surface area contributed by atoms with E-state index in [2.05, 4.69) is 20.1 Å². The van der Waals surface area contributed by atoms with Crippen LogP contribution < -0.4 is 20.1 Å². The van der Waals surface area contributed by atoms with Gasteiger partial charge in [-0.1, -0.05) is 0 Å². The maximum atomic E-state index is 11.9. The second-order valence-electron chi connectivity index (χ2n) is 6.96. The van der Waals surface area contributed by atoms with Gasteiger partial charge in [0.25, 0.3) is 0 Å². The minimum absolute atomic E-state index is 0. The number of anilines is 2. The Morgan fingerprint density at radius 3 is 1.28 bits per heavy atom. The molecular weight excluding hydrogens is 608 g/mol. The van der Waals surface area contributed by atoms with Crippen molar-refractivity contribution >= 4 is 89.9 Å². The first-order chi connectivity index (χ1) is 18.0. The molecule has 0 saturated carbocycles. The summed E-state index contributed by atoms with van der Waals surface area (Å²) in [5.74, 6) is 0.472. The van der Waals surface area contributed by atoms with Gasteiger partial charge < -0.3 is 9.47 Å². The second-order valence-corrected chi connectivity index (χ2v) is 11.3. The van der Waals surface area contributed by atoms with Gasteiger partial charge in [-0.2, -0.15) is 17.9 Å². The Morgan fingerprint density at radius 1 is 0.718 bits per heavy atom. The molecule has 2 rings (SSSR count). The van der Waals surface area contributed by atoms with Crippen LogP contribution in [0, 0.1) is 0 Å². The van der Waals surface area contributed by atoms with Gasteiger partial charge in [-0.05, 0) is 62.4 Å². The number of halogens is 2. The summed E-state index contributed by atoms with van der Waals surface area (Å²) in [6.07, 6.45) is -1.14. The van der Waals surface area contributed by atoms with Crippen LogP contribution in [0.3, 0.4) is 0 Å². The molecule has 212 valence electrons. The number of rotatable bonds is 12. The summed E-state index contributed by atoms with van der Waals surface area (Å²) in [7, 11) is -6.61. The molecule has 0 radical (unpaired) electrons. The van der Waals surface area contributed by atoms with Crippen molar-refractivity contribution in [2.45, 2.75) is 23.6 Å². The molecule has 2 aromatic rings. The van der Waals surface area contributed by atoms with E-state index in [0.29, 0.717) is 11.4 Å². The molecule has 0 aliphatic carbocycles. The molecule has 0 fully saturated rings. The topological polar surface area (TPSA) is 178 Å². The monoisotopic (exact) mass is 638 g/mol. The number of hydrogen-bond donors (Lipinski definition) is 4. The standard InChI is InChI=1S/2C11H15ClN2O4S.Mg/c2*1-2-18-11(15)14-9-3-5-10(6-4-9)19(16,17)13-8-7-12;/h2*3-6H,2,7-8H2,1H3,(H,14,15)(H,13,16,17);/q;;+2/p+2. The Labute approximate surface area is 254 Å². The van der Waals surface area contributed by atoms with Gasteiger partial charge >= 0.3 is 55.3 Å². The van der Waals surface area contributed by atoms with Gasteiger partial charge in [0.1, 0.15) is 9.79 Å². The fourth-order valence-electron chi connectivity index (χ4n) is 2.54. The number of nitrogens with one attached hydrogen (secondary N) is 4. The normalized spacial score (nSPS) is 13.2. The van der Waals surface area contributed by atoms with Crippen LogP contribution in [-0.4, -0.2) is 90.1 Å². The molecular formula is C22H32Cl2MgN4O8S2+4. The summed E-state index contributed by atoms with van der Waals surface area (Å²) in [6, 6.07) is 11.9. The van der Waals surface area contributed by atoms with Crippen molar-refractivity contribution in [1.82, 2.24) is 9.44 Å². The van der Waals surface area contributed by atoms with Crippen LogP contribution in [0.15, 0.2) is 58.3 Å². The third kappa shape index (κ3) is 14.4. The molecule has 0 aliphatic rings. The SMILES string of the molecule is CCOC(=O)Nc1ccc(S(=O)(=[OH+])NCCCl)cc1.CCOC(=O)Nc1ccc(S(=O)(=[OH+])NCCCl)cc1.[Mg+2]. The third-order valence-electron chi connectivity index (χ3n) is 4.18. The van der Waals surface area contributed by atoms with E-state index in [-0.39, 0.29) is 70.9 Å². The summed E-state index contributed by atoms with van der Waals surface area (Å²) in [4.78, 5) is 22.8. The fourth-order valence-corrected chi connectivity index (χ4v) is 5.05. The second kappa shape index (κ2) is 19.3. The Kier molecular flexibility index (Phi) is 18.3. The number of alkyl halides is 2. The molecule has 0 aromatic heterocycles. The van der Waals surface area contributed by atoms with Crippen molar-refractivity contribution in [3.05, 3.63) is 48.5 Å². The van der Waals surface area contributed by atoms with Gasteiger partial charge in [0.05, 0.1) is 13.2 Å². The summed E-state index contributed by atoms with van der Waals surface area (Å²) < 4.78 is 57.5. The Balaban J connectivity index is 0.000000722. The fraction of sp³-hybridized carbons (Fsp3) is 0.364. The van der Waals surface area contributed by atoms with Crippen LogP contribution >= 0.6 is 23.2 Å². The molecule has 0 spiro atoms. The Bertz CT molecular complexity index is 1140. The zero-order valence-corrected chi connectivity index (χ0v) is 26.0. The van der Waals surface area contributed by atoms with Crippen molar-refractivity contribution < 1.29 is 35.9 Å². The third-order valence-corrected chi connectivity index (χ3v) is 7.57. The molecule has 0 aliphatic heterocycles. The zero-order valence-electron chi connectivity index (χ0n) is 21.5. The molecule has 2 atom stereocenters. The van der Waals surface area contributed by atoms with Gasteiger partial charge in [0.15, 0.2) is 0 Å². The van der Waals surface area contributed by atoms with E-state index in [1.165, 1.54) is 48.5 Å². The first-order valence-electron chi connectivity index (χ1n) is 11.2. The van der Waals surface area contributed by atoms with Gasteiger partial charge in [0.2, 0.25) is 0 Å². The molecule has 2 unspecified atom stereocenters. The molecule has 6 N–H and O–H groups in total. The van der Waals surface area contributed by atoms with Crippen molar-refractivity contribution in [2.24, 2.45) is 0 Å². The first-order valence-corrected chi connectivity index (χ1v) is 15.3. The molecule has 0 bridgehead atoms. The maximum absolute atomic E-state index is 11.9. The summed E-state index contributed by atoms with van der Waals surface area (Å²) >= 11 is 10.9. The van der Waals surface area contributed by atoms with E-state index < -0.39 is 32.2 Å². The number of carbonyl (C=O) groups is 2. The van der Waals surface area contributed by atoms with Gasteiger partial charge in [-0.25, -0.2) is 18.0 Å². The predicted molar refractivity (Wildman–Crippen MR) is 154 cm³/mol. The largest absolute Gasteiger partial charge is 2.00 e. The smallest absolute Gasteiger partial charge is 0.450 e. The number of carbonyl (C=O) groups excluding carboxylic acids is 2. The molecule has 12 nitrogen and oxygen atoms in total. The first kappa shape index (κ1) is 37.1. The molecule has 39 heavy (non-hydrogen) atoms. The van der Waals surface area contributed by atoms with E-state index in [1.54, 1.807) is 13.8 Å². The van der Waals surface area contributed by atoms with Crippen LogP contribution in [0.4, 0.5) is 21.0 Å². The van der Waals surface area contributed by atoms with E-state index in [1.807, 2.05) is 0 Å². The van der Waals surface area contributed by atoms with Crippen molar-refractivity contribution in [1.29, 1.82) is 0 Å². The van der Waals surface area contributed by atoms with Gasteiger partial charge in [-0.15, -0.1) is 23.2 Å². The molecule has 2 aromatic carbocycles. The predicted octanol–water partition coefficient (Wildman–Crippen LogP) is 3.48. The van der Waals surface area contributed by atoms with E-state index in [0.717, 1.165) is 0 Å². The van der Waals surface area contributed by atoms with Crippen LogP contribution in [-0.2, 0) is 29.5 Å². The average Bonchev–Trinajstić information content (AvgIpc) is 2.87. The summed E-state index contributed by atoms with van der Waals surface area (Å²) in [5.41, 5.74) is 0.962. The van der Waals surface area contributed by atoms with Crippen LogP contribution in [0.1, 0.15) is 13.8 Å². The Hall–Kier alpha value is -1.85. The van der Waals surface area contributed by atoms with Crippen molar-refractivity contribution in [2.75, 3.05) is 48.7 Å². The number of benzene rings is 2. The minimum Gasteiger partial charge on any atom is -0.450 e. The summed E-state index contributed by atoms with van der Waals surface area (Å²) in [5, 5.41) is 4.98. The van der Waals surface area contributed by atoms with Gasteiger partial charge in [-0.3, -0.25) is 10.6 Å². The van der Waals surface area contributed by atoms with Gasteiger partial charge in [0, 0.05) is 36.2 Å². The molecule has 17 heteroatoms. The maximum Gasteiger partial charge on any atom is 2.00 e. The molecule has 2 amide bonds. The molecule has 0 saturated heterocycles. The zero-order chi connectivity index (χ0) is 28.6.